The summed E-state index contributed by atoms with van der Waals surface area (Å²) in [6, 6.07) is 0. The van der Waals surface area contributed by atoms with Gasteiger partial charge >= 0.3 is 0 Å². The van der Waals surface area contributed by atoms with Gasteiger partial charge in [0.25, 0.3) is 0 Å². The van der Waals surface area contributed by atoms with E-state index in [0.29, 0.717) is 0 Å². The van der Waals surface area contributed by atoms with Gasteiger partial charge in [0.05, 0.1) is 5.60 Å². The standard InChI is InChI=1S/C18H38O/c1-5-8-10-12-14-16-18(4,19-7-3)17-15-13-11-9-6-2/h5-17H2,1-4H3. The highest BCUT2D eigenvalue weighted by molar-refractivity contribution is 4.75. The van der Waals surface area contributed by atoms with Crippen molar-refractivity contribution in [3.63, 3.8) is 0 Å². The predicted molar refractivity (Wildman–Crippen MR) is 86.8 cm³/mol. The molecule has 0 aliphatic carbocycles. The van der Waals surface area contributed by atoms with E-state index in [2.05, 4.69) is 27.7 Å². The Morgan fingerprint density at radius 1 is 0.632 bits per heavy atom. The molecule has 0 atom stereocenters. The summed E-state index contributed by atoms with van der Waals surface area (Å²) in [7, 11) is 0. The number of hydrogen-bond acceptors (Lipinski definition) is 1. The molecule has 0 bridgehead atoms. The fourth-order valence-electron chi connectivity index (χ4n) is 2.82. The van der Waals surface area contributed by atoms with Gasteiger partial charge in [0, 0.05) is 6.61 Å². The molecule has 1 nitrogen and oxygen atoms in total. The Bertz CT molecular complexity index is 163. The maximum Gasteiger partial charge on any atom is 0.0654 e. The summed E-state index contributed by atoms with van der Waals surface area (Å²) >= 11 is 0. The number of ether oxygens (including phenoxy) is 1. The first-order chi connectivity index (χ1) is 9.18. The Balaban J connectivity index is 3.76. The lowest BCUT2D eigenvalue weighted by atomic mass is 9.91. The van der Waals surface area contributed by atoms with Crippen LogP contribution >= 0.6 is 0 Å². The number of unbranched alkanes of at least 4 members (excludes halogenated alkanes) is 8. The van der Waals surface area contributed by atoms with E-state index in [1.54, 1.807) is 0 Å². The van der Waals surface area contributed by atoms with Gasteiger partial charge in [0.1, 0.15) is 0 Å². The molecule has 1 heteroatoms. The summed E-state index contributed by atoms with van der Waals surface area (Å²) in [5.41, 5.74) is 0.146. The molecule has 0 aromatic carbocycles. The van der Waals surface area contributed by atoms with E-state index in [0.717, 1.165) is 6.61 Å². The maximum atomic E-state index is 6.04. The average Bonchev–Trinajstić information content (AvgIpc) is 2.39. The minimum absolute atomic E-state index is 0.146. The minimum atomic E-state index is 0.146. The van der Waals surface area contributed by atoms with Crippen LogP contribution in [0.1, 0.15) is 105 Å². The summed E-state index contributed by atoms with van der Waals surface area (Å²) in [6.45, 7) is 9.88. The molecule has 0 aromatic rings. The smallest absolute Gasteiger partial charge is 0.0654 e. The Labute approximate surface area is 122 Å². The van der Waals surface area contributed by atoms with Gasteiger partial charge in [0.2, 0.25) is 0 Å². The molecule has 116 valence electrons. The molecule has 0 heterocycles. The second-order valence-corrected chi connectivity index (χ2v) is 6.21. The zero-order valence-electron chi connectivity index (χ0n) is 14.1. The average molecular weight is 271 g/mol. The van der Waals surface area contributed by atoms with Crippen molar-refractivity contribution < 1.29 is 4.74 Å². The highest BCUT2D eigenvalue weighted by Crippen LogP contribution is 2.26. The normalized spacial score (nSPS) is 12.0. The lowest BCUT2D eigenvalue weighted by molar-refractivity contribution is -0.0403. The third-order valence-electron chi connectivity index (χ3n) is 4.11. The Kier molecular flexibility index (Phi) is 12.9. The zero-order chi connectivity index (χ0) is 14.4. The molecule has 0 rings (SSSR count). The van der Waals surface area contributed by atoms with Crippen molar-refractivity contribution in [2.45, 2.75) is 110 Å². The van der Waals surface area contributed by atoms with Gasteiger partial charge in [-0.15, -0.1) is 0 Å². The van der Waals surface area contributed by atoms with Crippen LogP contribution in [-0.4, -0.2) is 12.2 Å². The summed E-state index contributed by atoms with van der Waals surface area (Å²) in [5, 5.41) is 0. The molecule has 0 radical (unpaired) electrons. The molecular weight excluding hydrogens is 232 g/mol. The Hall–Kier alpha value is -0.0400. The lowest BCUT2D eigenvalue weighted by Gasteiger charge is -2.30. The van der Waals surface area contributed by atoms with E-state index in [1.165, 1.54) is 77.0 Å². The van der Waals surface area contributed by atoms with Crippen LogP contribution in [0.15, 0.2) is 0 Å². The Morgan fingerprint density at radius 3 is 1.42 bits per heavy atom. The van der Waals surface area contributed by atoms with Crippen molar-refractivity contribution in [1.82, 2.24) is 0 Å². The van der Waals surface area contributed by atoms with Crippen LogP contribution in [0.5, 0.6) is 0 Å². The van der Waals surface area contributed by atoms with Crippen molar-refractivity contribution in [2.75, 3.05) is 6.61 Å². The topological polar surface area (TPSA) is 9.23 Å². The van der Waals surface area contributed by atoms with Crippen LogP contribution < -0.4 is 0 Å². The first-order valence-electron chi connectivity index (χ1n) is 8.82. The van der Waals surface area contributed by atoms with Crippen LogP contribution in [0.25, 0.3) is 0 Å². The first kappa shape index (κ1) is 19.0. The van der Waals surface area contributed by atoms with Gasteiger partial charge < -0.3 is 4.74 Å². The van der Waals surface area contributed by atoms with Crippen molar-refractivity contribution in [2.24, 2.45) is 0 Å². The van der Waals surface area contributed by atoms with Crippen LogP contribution in [0.2, 0.25) is 0 Å². The third kappa shape index (κ3) is 11.5. The van der Waals surface area contributed by atoms with E-state index < -0.39 is 0 Å². The molecule has 19 heavy (non-hydrogen) atoms. The highest BCUT2D eigenvalue weighted by Gasteiger charge is 2.23. The SMILES string of the molecule is CCCCCCCC(C)(CCCCCCC)OCC. The maximum absolute atomic E-state index is 6.04. The van der Waals surface area contributed by atoms with Crippen molar-refractivity contribution in [3.05, 3.63) is 0 Å². The summed E-state index contributed by atoms with van der Waals surface area (Å²) in [6.07, 6.45) is 16.2. The molecule has 0 spiro atoms. The summed E-state index contributed by atoms with van der Waals surface area (Å²) < 4.78 is 6.04. The van der Waals surface area contributed by atoms with Crippen molar-refractivity contribution in [1.29, 1.82) is 0 Å². The molecule has 0 aromatic heterocycles. The quantitative estimate of drug-likeness (QED) is 0.327. The number of hydrogen-bond donors (Lipinski definition) is 0. The monoisotopic (exact) mass is 270 g/mol. The van der Waals surface area contributed by atoms with Gasteiger partial charge in [-0.05, 0) is 26.7 Å². The van der Waals surface area contributed by atoms with Crippen LogP contribution in [-0.2, 0) is 4.74 Å². The predicted octanol–water partition coefficient (Wildman–Crippen LogP) is 6.50. The highest BCUT2D eigenvalue weighted by atomic mass is 16.5. The molecule has 0 aliphatic heterocycles. The van der Waals surface area contributed by atoms with Crippen LogP contribution in [0.3, 0.4) is 0 Å². The largest absolute Gasteiger partial charge is 0.376 e. The minimum Gasteiger partial charge on any atom is -0.376 e. The van der Waals surface area contributed by atoms with E-state index in [9.17, 15) is 0 Å². The van der Waals surface area contributed by atoms with Gasteiger partial charge in [0.15, 0.2) is 0 Å². The van der Waals surface area contributed by atoms with E-state index in [1.807, 2.05) is 0 Å². The van der Waals surface area contributed by atoms with Crippen LogP contribution in [0, 0.1) is 0 Å². The van der Waals surface area contributed by atoms with Gasteiger partial charge in [-0.25, -0.2) is 0 Å². The van der Waals surface area contributed by atoms with Crippen molar-refractivity contribution in [3.8, 4) is 0 Å². The zero-order valence-corrected chi connectivity index (χ0v) is 14.1. The summed E-state index contributed by atoms with van der Waals surface area (Å²) in [4.78, 5) is 0. The van der Waals surface area contributed by atoms with Gasteiger partial charge in [-0.1, -0.05) is 78.1 Å². The molecule has 0 fully saturated rings. The molecule has 0 amide bonds. The van der Waals surface area contributed by atoms with E-state index in [-0.39, 0.29) is 5.60 Å². The van der Waals surface area contributed by atoms with E-state index >= 15 is 0 Å². The molecule has 0 saturated carbocycles. The van der Waals surface area contributed by atoms with E-state index in [4.69, 9.17) is 4.74 Å². The fourth-order valence-corrected chi connectivity index (χ4v) is 2.82. The lowest BCUT2D eigenvalue weighted by Crippen LogP contribution is -2.28. The van der Waals surface area contributed by atoms with Gasteiger partial charge in [-0.2, -0.15) is 0 Å². The third-order valence-corrected chi connectivity index (χ3v) is 4.11. The fraction of sp³-hybridized carbons (Fsp3) is 1.00. The number of rotatable bonds is 14. The van der Waals surface area contributed by atoms with Crippen LogP contribution in [0.4, 0.5) is 0 Å². The Morgan fingerprint density at radius 2 is 1.05 bits per heavy atom. The molecule has 0 unspecified atom stereocenters. The second-order valence-electron chi connectivity index (χ2n) is 6.21. The molecule has 0 saturated heterocycles. The first-order valence-corrected chi connectivity index (χ1v) is 8.82. The molecule has 0 aliphatic rings. The van der Waals surface area contributed by atoms with Gasteiger partial charge in [-0.3, -0.25) is 0 Å². The van der Waals surface area contributed by atoms with Crippen molar-refractivity contribution >= 4 is 0 Å². The second kappa shape index (κ2) is 13.0. The summed E-state index contributed by atoms with van der Waals surface area (Å²) in [5.74, 6) is 0. The molecular formula is C18H38O. The molecule has 0 N–H and O–H groups in total.